The van der Waals surface area contributed by atoms with Gasteiger partial charge in [-0.25, -0.2) is 0 Å². The summed E-state index contributed by atoms with van der Waals surface area (Å²) in [7, 11) is 0. The number of hydrogen-bond donors (Lipinski definition) is 2. The van der Waals surface area contributed by atoms with E-state index >= 15 is 0 Å². The van der Waals surface area contributed by atoms with Gasteiger partial charge in [-0.1, -0.05) is 18.2 Å². The molecule has 1 aromatic carbocycles. The Labute approximate surface area is 119 Å². The summed E-state index contributed by atoms with van der Waals surface area (Å²) < 4.78 is 0. The number of H-pyrrole nitrogens is 1. The minimum absolute atomic E-state index is 0.590. The van der Waals surface area contributed by atoms with Crippen LogP contribution >= 0.6 is 0 Å². The van der Waals surface area contributed by atoms with Crippen molar-refractivity contribution >= 4 is 10.9 Å². The first-order valence-corrected chi connectivity index (χ1v) is 7.69. The van der Waals surface area contributed by atoms with Gasteiger partial charge in [-0.2, -0.15) is 5.10 Å². The van der Waals surface area contributed by atoms with Crippen molar-refractivity contribution in [2.24, 2.45) is 5.41 Å². The molecule has 4 rings (SSSR count). The van der Waals surface area contributed by atoms with Crippen molar-refractivity contribution in [2.45, 2.75) is 25.8 Å². The number of nitrogens with zero attached hydrogens (tertiary/aromatic N) is 2. The zero-order chi connectivity index (χ0) is 13.4. The number of piperidine rings is 1. The maximum Gasteiger partial charge on any atom is 0.0695 e. The Kier molecular flexibility index (Phi) is 3.00. The van der Waals surface area contributed by atoms with Crippen LogP contribution in [0.25, 0.3) is 10.9 Å². The number of benzene rings is 1. The molecule has 2 saturated heterocycles. The summed E-state index contributed by atoms with van der Waals surface area (Å²) in [5.41, 5.74) is 3.18. The number of rotatable bonds is 2. The molecule has 0 atom stereocenters. The van der Waals surface area contributed by atoms with E-state index in [2.05, 4.69) is 38.6 Å². The van der Waals surface area contributed by atoms with Crippen molar-refractivity contribution in [3.8, 4) is 0 Å². The molecule has 0 radical (unpaired) electrons. The molecular weight excluding hydrogens is 248 g/mol. The van der Waals surface area contributed by atoms with E-state index in [4.69, 9.17) is 0 Å². The molecule has 0 unspecified atom stereocenters. The van der Waals surface area contributed by atoms with Gasteiger partial charge < -0.3 is 5.32 Å². The van der Waals surface area contributed by atoms with E-state index in [1.165, 1.54) is 61.9 Å². The molecule has 1 spiro atoms. The summed E-state index contributed by atoms with van der Waals surface area (Å²) in [6.07, 6.45) is 5.97. The molecule has 3 heterocycles. The van der Waals surface area contributed by atoms with Crippen molar-refractivity contribution in [1.29, 1.82) is 0 Å². The van der Waals surface area contributed by atoms with Crippen LogP contribution in [-0.4, -0.2) is 41.3 Å². The molecule has 0 aliphatic carbocycles. The third kappa shape index (κ3) is 2.13. The van der Waals surface area contributed by atoms with E-state index in [9.17, 15) is 0 Å². The highest BCUT2D eigenvalue weighted by Gasteiger charge is 2.38. The molecule has 2 aliphatic heterocycles. The van der Waals surface area contributed by atoms with E-state index in [1.54, 1.807) is 0 Å². The predicted molar refractivity (Wildman–Crippen MR) is 80.5 cm³/mol. The first-order valence-electron chi connectivity index (χ1n) is 7.69. The molecule has 1 aromatic heterocycles. The molecule has 0 bridgehead atoms. The first kappa shape index (κ1) is 12.4. The standard InChI is InChI=1S/C16H22N4/c1-2-13-10-18-19-15(13)14(3-1)11-20-9-6-16(12-20)4-7-17-8-5-16/h1-3,10,17H,4-9,11-12H2,(H,18,19). The van der Waals surface area contributed by atoms with Crippen molar-refractivity contribution < 1.29 is 0 Å². The normalized spacial score (nSPS) is 22.8. The summed E-state index contributed by atoms with van der Waals surface area (Å²) in [4.78, 5) is 2.63. The van der Waals surface area contributed by atoms with Crippen LogP contribution in [0.15, 0.2) is 24.4 Å². The molecule has 4 nitrogen and oxygen atoms in total. The smallest absolute Gasteiger partial charge is 0.0695 e. The average molecular weight is 270 g/mol. The second kappa shape index (κ2) is 4.86. The van der Waals surface area contributed by atoms with E-state index < -0.39 is 0 Å². The lowest BCUT2D eigenvalue weighted by Gasteiger charge is -2.34. The van der Waals surface area contributed by atoms with Crippen molar-refractivity contribution in [1.82, 2.24) is 20.4 Å². The molecule has 20 heavy (non-hydrogen) atoms. The zero-order valence-corrected chi connectivity index (χ0v) is 11.9. The van der Waals surface area contributed by atoms with Crippen molar-refractivity contribution in [3.63, 3.8) is 0 Å². The summed E-state index contributed by atoms with van der Waals surface area (Å²) in [5, 5.41) is 12.0. The van der Waals surface area contributed by atoms with Crippen molar-refractivity contribution in [3.05, 3.63) is 30.0 Å². The molecule has 0 amide bonds. The second-order valence-electron chi connectivity index (χ2n) is 6.46. The minimum atomic E-state index is 0.590. The molecule has 2 aliphatic rings. The van der Waals surface area contributed by atoms with Gasteiger partial charge in [0.05, 0.1) is 11.7 Å². The van der Waals surface area contributed by atoms with Gasteiger partial charge in [0.1, 0.15) is 0 Å². The number of fused-ring (bicyclic) bond motifs is 1. The Morgan fingerprint density at radius 3 is 3.00 bits per heavy atom. The van der Waals surface area contributed by atoms with Crippen LogP contribution in [0.1, 0.15) is 24.8 Å². The third-order valence-electron chi connectivity index (χ3n) is 5.14. The fourth-order valence-electron chi connectivity index (χ4n) is 3.93. The minimum Gasteiger partial charge on any atom is -0.317 e. The lowest BCUT2D eigenvalue weighted by Crippen LogP contribution is -2.38. The number of para-hydroxylation sites is 1. The Morgan fingerprint density at radius 2 is 2.10 bits per heavy atom. The van der Waals surface area contributed by atoms with Gasteiger partial charge in [-0.05, 0) is 49.9 Å². The van der Waals surface area contributed by atoms with Crippen LogP contribution in [-0.2, 0) is 6.54 Å². The van der Waals surface area contributed by atoms with Crippen LogP contribution in [0.5, 0.6) is 0 Å². The molecule has 2 aromatic rings. The Hall–Kier alpha value is -1.39. The van der Waals surface area contributed by atoms with E-state index in [1.807, 2.05) is 6.20 Å². The highest BCUT2D eigenvalue weighted by atomic mass is 15.2. The summed E-state index contributed by atoms with van der Waals surface area (Å²) in [6, 6.07) is 6.50. The lowest BCUT2D eigenvalue weighted by molar-refractivity contribution is 0.194. The second-order valence-corrected chi connectivity index (χ2v) is 6.46. The largest absolute Gasteiger partial charge is 0.317 e. The quantitative estimate of drug-likeness (QED) is 0.878. The Morgan fingerprint density at radius 1 is 1.20 bits per heavy atom. The van der Waals surface area contributed by atoms with Crippen LogP contribution in [0.3, 0.4) is 0 Å². The lowest BCUT2D eigenvalue weighted by atomic mass is 9.78. The highest BCUT2D eigenvalue weighted by Crippen LogP contribution is 2.39. The van der Waals surface area contributed by atoms with Gasteiger partial charge in [-0.3, -0.25) is 10.00 Å². The average Bonchev–Trinajstić information content (AvgIpc) is 3.08. The van der Waals surface area contributed by atoms with Gasteiger partial charge >= 0.3 is 0 Å². The molecule has 2 fully saturated rings. The van der Waals surface area contributed by atoms with Crippen LogP contribution in [0.2, 0.25) is 0 Å². The molecule has 0 saturated carbocycles. The van der Waals surface area contributed by atoms with Gasteiger partial charge in [0, 0.05) is 18.5 Å². The summed E-state index contributed by atoms with van der Waals surface area (Å²) >= 11 is 0. The zero-order valence-electron chi connectivity index (χ0n) is 11.9. The molecule has 4 heteroatoms. The van der Waals surface area contributed by atoms with Gasteiger partial charge in [0.15, 0.2) is 0 Å². The number of aromatic amines is 1. The number of hydrogen-bond acceptors (Lipinski definition) is 3. The number of nitrogens with one attached hydrogen (secondary N) is 2. The van der Waals surface area contributed by atoms with Crippen LogP contribution < -0.4 is 5.32 Å². The van der Waals surface area contributed by atoms with E-state index in [-0.39, 0.29) is 0 Å². The monoisotopic (exact) mass is 270 g/mol. The summed E-state index contributed by atoms with van der Waals surface area (Å²) in [5.74, 6) is 0. The topological polar surface area (TPSA) is 44.0 Å². The Bertz CT molecular complexity index is 597. The fourth-order valence-corrected chi connectivity index (χ4v) is 3.93. The van der Waals surface area contributed by atoms with E-state index in [0.717, 1.165) is 6.54 Å². The van der Waals surface area contributed by atoms with Gasteiger partial charge in [0.2, 0.25) is 0 Å². The number of likely N-dealkylation sites (tertiary alicyclic amines) is 1. The Balaban J connectivity index is 1.51. The SMILES string of the molecule is c1cc(CN2CCC3(CCNCC3)C2)c2[nH]ncc2c1. The fraction of sp³-hybridized carbons (Fsp3) is 0.562. The molecular formula is C16H22N4. The predicted octanol–water partition coefficient (Wildman–Crippen LogP) is 2.14. The third-order valence-corrected chi connectivity index (χ3v) is 5.14. The van der Waals surface area contributed by atoms with E-state index in [0.29, 0.717) is 5.41 Å². The van der Waals surface area contributed by atoms with Crippen LogP contribution in [0, 0.1) is 5.41 Å². The van der Waals surface area contributed by atoms with Crippen molar-refractivity contribution in [2.75, 3.05) is 26.2 Å². The maximum atomic E-state index is 4.17. The van der Waals surface area contributed by atoms with Crippen LogP contribution in [0.4, 0.5) is 0 Å². The summed E-state index contributed by atoms with van der Waals surface area (Å²) in [6.45, 7) is 5.95. The van der Waals surface area contributed by atoms with Gasteiger partial charge in [0.25, 0.3) is 0 Å². The first-order chi connectivity index (χ1) is 9.85. The highest BCUT2D eigenvalue weighted by molar-refractivity contribution is 5.81. The molecule has 2 N–H and O–H groups in total. The molecule has 106 valence electrons. The van der Waals surface area contributed by atoms with Gasteiger partial charge in [-0.15, -0.1) is 0 Å². The maximum absolute atomic E-state index is 4.17. The number of aromatic nitrogens is 2.